The molecule has 0 atom stereocenters. The van der Waals surface area contributed by atoms with Crippen LogP contribution in [0.1, 0.15) is 26.5 Å². The van der Waals surface area contributed by atoms with Gasteiger partial charge < -0.3 is 4.57 Å². The highest BCUT2D eigenvalue weighted by Crippen LogP contribution is 2.24. The second-order valence-electron chi connectivity index (χ2n) is 4.73. The lowest BCUT2D eigenvalue weighted by molar-refractivity contribution is 0.556. The SMILES string of the molecule is CC(C)(C)c1cncn1-c1ccccc1. The lowest BCUT2D eigenvalue weighted by atomic mass is 9.92. The fourth-order valence-electron chi connectivity index (χ4n) is 1.64. The number of hydrogen-bond acceptors (Lipinski definition) is 1. The molecule has 1 aromatic heterocycles. The second kappa shape index (κ2) is 3.54. The third-order valence-electron chi connectivity index (χ3n) is 2.44. The van der Waals surface area contributed by atoms with Gasteiger partial charge in [0, 0.05) is 23.0 Å². The molecular weight excluding hydrogens is 184 g/mol. The zero-order valence-electron chi connectivity index (χ0n) is 9.44. The highest BCUT2D eigenvalue weighted by Gasteiger charge is 2.18. The Bertz CT molecular complexity index is 435. The zero-order valence-corrected chi connectivity index (χ0v) is 9.44. The largest absolute Gasteiger partial charge is 0.303 e. The number of para-hydroxylation sites is 1. The third-order valence-corrected chi connectivity index (χ3v) is 2.44. The summed E-state index contributed by atoms with van der Waals surface area (Å²) in [6, 6.07) is 10.3. The molecular formula is C13H16N2. The summed E-state index contributed by atoms with van der Waals surface area (Å²) in [6.45, 7) is 6.59. The van der Waals surface area contributed by atoms with Crippen LogP contribution in [0.5, 0.6) is 0 Å². The van der Waals surface area contributed by atoms with Gasteiger partial charge in [-0.3, -0.25) is 0 Å². The summed E-state index contributed by atoms with van der Waals surface area (Å²) in [5.74, 6) is 0. The highest BCUT2D eigenvalue weighted by molar-refractivity contribution is 5.34. The van der Waals surface area contributed by atoms with Crippen molar-refractivity contribution in [3.8, 4) is 5.69 Å². The van der Waals surface area contributed by atoms with Crippen molar-refractivity contribution in [1.82, 2.24) is 9.55 Å². The first-order chi connectivity index (χ1) is 7.09. The Morgan fingerprint density at radius 1 is 1.07 bits per heavy atom. The Labute approximate surface area is 90.6 Å². The smallest absolute Gasteiger partial charge is 0.0994 e. The van der Waals surface area contributed by atoms with E-state index in [2.05, 4.69) is 42.5 Å². The maximum absolute atomic E-state index is 4.23. The van der Waals surface area contributed by atoms with Crippen LogP contribution in [0.2, 0.25) is 0 Å². The van der Waals surface area contributed by atoms with E-state index >= 15 is 0 Å². The van der Waals surface area contributed by atoms with Gasteiger partial charge in [-0.15, -0.1) is 0 Å². The Balaban J connectivity index is 2.51. The van der Waals surface area contributed by atoms with Crippen LogP contribution < -0.4 is 0 Å². The number of imidazole rings is 1. The van der Waals surface area contributed by atoms with Gasteiger partial charge >= 0.3 is 0 Å². The number of benzene rings is 1. The topological polar surface area (TPSA) is 17.8 Å². The van der Waals surface area contributed by atoms with Crippen molar-refractivity contribution in [2.75, 3.05) is 0 Å². The van der Waals surface area contributed by atoms with Crippen molar-refractivity contribution in [3.05, 3.63) is 48.5 Å². The molecule has 2 heteroatoms. The minimum absolute atomic E-state index is 0.117. The summed E-state index contributed by atoms with van der Waals surface area (Å²) in [7, 11) is 0. The predicted octanol–water partition coefficient (Wildman–Crippen LogP) is 3.17. The standard InChI is InChI=1S/C13H16N2/c1-13(2,3)12-9-14-10-15(12)11-7-5-4-6-8-11/h4-10H,1-3H3. The fourth-order valence-corrected chi connectivity index (χ4v) is 1.64. The van der Waals surface area contributed by atoms with Crippen molar-refractivity contribution in [1.29, 1.82) is 0 Å². The van der Waals surface area contributed by atoms with Gasteiger partial charge in [-0.1, -0.05) is 39.0 Å². The van der Waals surface area contributed by atoms with Crippen molar-refractivity contribution >= 4 is 0 Å². The molecule has 0 aliphatic heterocycles. The number of aromatic nitrogens is 2. The predicted molar refractivity (Wildman–Crippen MR) is 62.3 cm³/mol. The van der Waals surface area contributed by atoms with Crippen LogP contribution in [0, 0.1) is 0 Å². The first-order valence-corrected chi connectivity index (χ1v) is 5.17. The van der Waals surface area contributed by atoms with Crippen LogP contribution in [-0.4, -0.2) is 9.55 Å². The van der Waals surface area contributed by atoms with E-state index in [1.165, 1.54) is 11.4 Å². The molecule has 0 aliphatic rings. The molecule has 0 amide bonds. The van der Waals surface area contributed by atoms with Crippen LogP contribution in [0.25, 0.3) is 5.69 Å². The van der Waals surface area contributed by atoms with Crippen molar-refractivity contribution in [2.45, 2.75) is 26.2 Å². The van der Waals surface area contributed by atoms with Crippen LogP contribution in [0.4, 0.5) is 0 Å². The summed E-state index contributed by atoms with van der Waals surface area (Å²) in [6.07, 6.45) is 3.81. The summed E-state index contributed by atoms with van der Waals surface area (Å²) in [4.78, 5) is 4.23. The normalized spacial score (nSPS) is 11.7. The summed E-state index contributed by atoms with van der Waals surface area (Å²) >= 11 is 0. The van der Waals surface area contributed by atoms with Crippen molar-refractivity contribution < 1.29 is 0 Å². The highest BCUT2D eigenvalue weighted by atomic mass is 15.1. The Morgan fingerprint density at radius 2 is 1.73 bits per heavy atom. The minimum Gasteiger partial charge on any atom is -0.303 e. The Kier molecular flexibility index (Phi) is 2.35. The van der Waals surface area contributed by atoms with E-state index in [0.717, 1.165) is 0 Å². The van der Waals surface area contributed by atoms with Gasteiger partial charge in [-0.05, 0) is 12.1 Å². The lowest BCUT2D eigenvalue weighted by Crippen LogP contribution is -2.16. The average Bonchev–Trinajstić information content (AvgIpc) is 2.67. The molecule has 0 bridgehead atoms. The molecule has 0 radical (unpaired) electrons. The molecule has 0 N–H and O–H groups in total. The molecule has 1 heterocycles. The van der Waals surface area contributed by atoms with Crippen molar-refractivity contribution in [3.63, 3.8) is 0 Å². The van der Waals surface area contributed by atoms with Gasteiger partial charge in [0.15, 0.2) is 0 Å². The third kappa shape index (κ3) is 1.94. The van der Waals surface area contributed by atoms with E-state index in [9.17, 15) is 0 Å². The number of hydrogen-bond donors (Lipinski definition) is 0. The van der Waals surface area contributed by atoms with E-state index in [-0.39, 0.29) is 5.41 Å². The van der Waals surface area contributed by atoms with Crippen LogP contribution in [0.15, 0.2) is 42.9 Å². The number of rotatable bonds is 1. The van der Waals surface area contributed by atoms with Gasteiger partial charge in [0.25, 0.3) is 0 Å². The molecule has 78 valence electrons. The first kappa shape index (κ1) is 9.97. The van der Waals surface area contributed by atoms with E-state index in [1.807, 2.05) is 30.7 Å². The number of nitrogens with zero attached hydrogens (tertiary/aromatic N) is 2. The minimum atomic E-state index is 0.117. The monoisotopic (exact) mass is 200 g/mol. The molecule has 2 aromatic rings. The molecule has 0 aliphatic carbocycles. The van der Waals surface area contributed by atoms with Gasteiger partial charge in [0.1, 0.15) is 0 Å². The van der Waals surface area contributed by atoms with Crippen molar-refractivity contribution in [2.24, 2.45) is 0 Å². The van der Waals surface area contributed by atoms with Gasteiger partial charge in [0.2, 0.25) is 0 Å². The van der Waals surface area contributed by atoms with Crippen LogP contribution in [-0.2, 0) is 5.41 Å². The molecule has 1 aromatic carbocycles. The molecule has 15 heavy (non-hydrogen) atoms. The fraction of sp³-hybridized carbons (Fsp3) is 0.308. The van der Waals surface area contributed by atoms with E-state index in [0.29, 0.717) is 0 Å². The van der Waals surface area contributed by atoms with Crippen LogP contribution >= 0.6 is 0 Å². The lowest BCUT2D eigenvalue weighted by Gasteiger charge is -2.20. The quantitative estimate of drug-likeness (QED) is 0.691. The molecule has 2 nitrogen and oxygen atoms in total. The molecule has 0 spiro atoms. The van der Waals surface area contributed by atoms with Crippen LogP contribution in [0.3, 0.4) is 0 Å². The zero-order chi connectivity index (χ0) is 10.9. The maximum Gasteiger partial charge on any atom is 0.0994 e. The maximum atomic E-state index is 4.23. The summed E-state index contributed by atoms with van der Waals surface area (Å²) in [5, 5.41) is 0. The molecule has 0 saturated heterocycles. The Morgan fingerprint density at radius 3 is 2.33 bits per heavy atom. The second-order valence-corrected chi connectivity index (χ2v) is 4.73. The molecule has 0 saturated carbocycles. The van der Waals surface area contributed by atoms with Gasteiger partial charge in [0.05, 0.1) is 6.33 Å². The average molecular weight is 200 g/mol. The summed E-state index contributed by atoms with van der Waals surface area (Å²) in [5.41, 5.74) is 2.51. The molecule has 0 unspecified atom stereocenters. The van der Waals surface area contributed by atoms with E-state index in [4.69, 9.17) is 0 Å². The first-order valence-electron chi connectivity index (χ1n) is 5.17. The van der Waals surface area contributed by atoms with Gasteiger partial charge in [-0.25, -0.2) is 4.98 Å². The van der Waals surface area contributed by atoms with E-state index < -0.39 is 0 Å². The molecule has 0 fully saturated rings. The Hall–Kier alpha value is -1.57. The van der Waals surface area contributed by atoms with E-state index in [1.54, 1.807) is 0 Å². The molecule has 2 rings (SSSR count). The van der Waals surface area contributed by atoms with Gasteiger partial charge in [-0.2, -0.15) is 0 Å². The summed E-state index contributed by atoms with van der Waals surface area (Å²) < 4.78 is 2.14.